The molecule has 0 amide bonds. The van der Waals surface area contributed by atoms with Crippen molar-refractivity contribution >= 4 is 11.3 Å². The molecule has 0 aliphatic carbocycles. The van der Waals surface area contributed by atoms with Gasteiger partial charge in [-0.1, -0.05) is 12.1 Å². The lowest BCUT2D eigenvalue weighted by Crippen LogP contribution is -2.23. The van der Waals surface area contributed by atoms with Crippen molar-refractivity contribution in [2.75, 3.05) is 6.61 Å². The Labute approximate surface area is 119 Å². The fourth-order valence-electron chi connectivity index (χ4n) is 1.96. The molecule has 0 spiro atoms. The molecule has 0 radical (unpaired) electrons. The number of hydrogen-bond acceptors (Lipinski definition) is 3. The number of ether oxygens (including phenoxy) is 1. The van der Waals surface area contributed by atoms with Crippen LogP contribution in [0.25, 0.3) is 0 Å². The summed E-state index contributed by atoms with van der Waals surface area (Å²) in [5.74, 6) is 0.935. The van der Waals surface area contributed by atoms with Crippen molar-refractivity contribution in [3.8, 4) is 5.75 Å². The van der Waals surface area contributed by atoms with E-state index < -0.39 is 0 Å². The minimum atomic E-state index is 0.213. The standard InChI is InChI=1S/C16H21NOS/c1-13-3-2-4-16(11-13)18-9-7-15(17)6-5-14-8-10-19-12-14/h2-4,8,10-12,15H,5-7,9,17H2,1H3. The smallest absolute Gasteiger partial charge is 0.119 e. The first-order chi connectivity index (χ1) is 9.24. The topological polar surface area (TPSA) is 35.2 Å². The highest BCUT2D eigenvalue weighted by molar-refractivity contribution is 7.07. The van der Waals surface area contributed by atoms with Crippen molar-refractivity contribution in [3.63, 3.8) is 0 Å². The Morgan fingerprint density at radius 3 is 2.89 bits per heavy atom. The van der Waals surface area contributed by atoms with Gasteiger partial charge in [0.15, 0.2) is 0 Å². The highest BCUT2D eigenvalue weighted by Crippen LogP contribution is 2.14. The highest BCUT2D eigenvalue weighted by atomic mass is 32.1. The van der Waals surface area contributed by atoms with Crippen LogP contribution < -0.4 is 10.5 Å². The van der Waals surface area contributed by atoms with Crippen LogP contribution in [-0.2, 0) is 6.42 Å². The Morgan fingerprint density at radius 2 is 2.16 bits per heavy atom. The molecule has 2 nitrogen and oxygen atoms in total. The Kier molecular flexibility index (Phi) is 5.43. The van der Waals surface area contributed by atoms with E-state index in [0.29, 0.717) is 6.61 Å². The summed E-state index contributed by atoms with van der Waals surface area (Å²) in [5, 5.41) is 4.30. The van der Waals surface area contributed by atoms with Gasteiger partial charge < -0.3 is 10.5 Å². The third kappa shape index (κ3) is 5.05. The van der Waals surface area contributed by atoms with Crippen LogP contribution in [0.4, 0.5) is 0 Å². The van der Waals surface area contributed by atoms with Gasteiger partial charge in [0.1, 0.15) is 5.75 Å². The van der Waals surface area contributed by atoms with Gasteiger partial charge in [0.05, 0.1) is 6.61 Å². The fourth-order valence-corrected chi connectivity index (χ4v) is 2.67. The highest BCUT2D eigenvalue weighted by Gasteiger charge is 2.04. The second-order valence-electron chi connectivity index (χ2n) is 4.88. The second-order valence-corrected chi connectivity index (χ2v) is 5.66. The van der Waals surface area contributed by atoms with Gasteiger partial charge in [-0.2, -0.15) is 11.3 Å². The predicted molar refractivity (Wildman–Crippen MR) is 81.9 cm³/mol. The van der Waals surface area contributed by atoms with Crippen LogP contribution >= 0.6 is 11.3 Å². The van der Waals surface area contributed by atoms with Gasteiger partial charge in [0.25, 0.3) is 0 Å². The molecule has 0 aliphatic heterocycles. The van der Waals surface area contributed by atoms with Gasteiger partial charge in [-0.25, -0.2) is 0 Å². The SMILES string of the molecule is Cc1cccc(OCCC(N)CCc2ccsc2)c1. The average molecular weight is 275 g/mol. The molecule has 102 valence electrons. The first-order valence-electron chi connectivity index (χ1n) is 6.70. The monoisotopic (exact) mass is 275 g/mol. The van der Waals surface area contributed by atoms with E-state index >= 15 is 0 Å². The number of aryl methyl sites for hydroxylation is 2. The van der Waals surface area contributed by atoms with Crippen LogP contribution in [0.1, 0.15) is 24.0 Å². The lowest BCUT2D eigenvalue weighted by Gasteiger charge is -2.12. The number of rotatable bonds is 7. The third-order valence-corrected chi connectivity index (χ3v) is 3.86. The lowest BCUT2D eigenvalue weighted by atomic mass is 10.1. The van der Waals surface area contributed by atoms with Crippen molar-refractivity contribution in [2.45, 2.75) is 32.2 Å². The molecule has 3 heteroatoms. The third-order valence-electron chi connectivity index (χ3n) is 3.13. The molecule has 0 aliphatic rings. The minimum Gasteiger partial charge on any atom is -0.494 e. The molecule has 1 aromatic carbocycles. The van der Waals surface area contributed by atoms with Crippen LogP contribution in [0.15, 0.2) is 41.1 Å². The van der Waals surface area contributed by atoms with E-state index in [4.69, 9.17) is 10.5 Å². The molecular weight excluding hydrogens is 254 g/mol. The van der Waals surface area contributed by atoms with Crippen LogP contribution in [0.5, 0.6) is 5.75 Å². The Balaban J connectivity index is 1.65. The van der Waals surface area contributed by atoms with Gasteiger partial charge in [-0.15, -0.1) is 0 Å². The van der Waals surface area contributed by atoms with E-state index in [1.54, 1.807) is 11.3 Å². The second kappa shape index (κ2) is 7.31. The zero-order valence-electron chi connectivity index (χ0n) is 11.3. The summed E-state index contributed by atoms with van der Waals surface area (Å²) in [6.07, 6.45) is 2.99. The molecule has 1 atom stereocenters. The largest absolute Gasteiger partial charge is 0.494 e. The van der Waals surface area contributed by atoms with E-state index in [-0.39, 0.29) is 6.04 Å². The fraction of sp³-hybridized carbons (Fsp3) is 0.375. The first kappa shape index (κ1) is 14.1. The summed E-state index contributed by atoms with van der Waals surface area (Å²) in [4.78, 5) is 0. The van der Waals surface area contributed by atoms with E-state index in [1.807, 2.05) is 12.1 Å². The van der Waals surface area contributed by atoms with Crippen LogP contribution in [-0.4, -0.2) is 12.6 Å². The molecule has 0 fully saturated rings. The summed E-state index contributed by atoms with van der Waals surface area (Å²) >= 11 is 1.74. The molecule has 0 saturated heterocycles. The molecule has 0 saturated carbocycles. The van der Waals surface area contributed by atoms with Gasteiger partial charge in [0, 0.05) is 6.04 Å². The summed E-state index contributed by atoms with van der Waals surface area (Å²) in [6, 6.07) is 10.5. The zero-order valence-corrected chi connectivity index (χ0v) is 12.2. The van der Waals surface area contributed by atoms with Gasteiger partial charge >= 0.3 is 0 Å². The molecule has 0 bridgehead atoms. The first-order valence-corrected chi connectivity index (χ1v) is 7.64. The van der Waals surface area contributed by atoms with E-state index in [2.05, 4.69) is 35.9 Å². The Morgan fingerprint density at radius 1 is 1.26 bits per heavy atom. The van der Waals surface area contributed by atoms with Gasteiger partial charge in [0.2, 0.25) is 0 Å². The molecule has 2 N–H and O–H groups in total. The molecule has 1 heterocycles. The summed E-state index contributed by atoms with van der Waals surface area (Å²) in [6.45, 7) is 2.76. The van der Waals surface area contributed by atoms with Crippen molar-refractivity contribution in [2.24, 2.45) is 5.73 Å². The summed E-state index contributed by atoms with van der Waals surface area (Å²) in [5.41, 5.74) is 8.72. The predicted octanol–water partition coefficient (Wildman–Crippen LogP) is 3.79. The maximum Gasteiger partial charge on any atom is 0.119 e. The summed E-state index contributed by atoms with van der Waals surface area (Å²) < 4.78 is 5.72. The van der Waals surface area contributed by atoms with Crippen LogP contribution in [0.2, 0.25) is 0 Å². The Bertz CT molecular complexity index is 481. The van der Waals surface area contributed by atoms with Crippen molar-refractivity contribution in [1.82, 2.24) is 0 Å². The quantitative estimate of drug-likeness (QED) is 0.834. The number of thiophene rings is 1. The normalized spacial score (nSPS) is 12.3. The van der Waals surface area contributed by atoms with E-state index in [1.165, 1.54) is 11.1 Å². The molecular formula is C16H21NOS. The van der Waals surface area contributed by atoms with Gasteiger partial charge in [-0.05, 0) is 66.3 Å². The van der Waals surface area contributed by atoms with E-state index in [9.17, 15) is 0 Å². The van der Waals surface area contributed by atoms with Crippen LogP contribution in [0, 0.1) is 6.92 Å². The lowest BCUT2D eigenvalue weighted by molar-refractivity contribution is 0.294. The number of hydrogen-bond donors (Lipinski definition) is 1. The number of nitrogens with two attached hydrogens (primary N) is 1. The maximum absolute atomic E-state index is 6.11. The Hall–Kier alpha value is -1.32. The molecule has 2 rings (SSSR count). The van der Waals surface area contributed by atoms with Crippen molar-refractivity contribution < 1.29 is 4.74 Å². The number of benzene rings is 1. The van der Waals surface area contributed by atoms with Crippen molar-refractivity contribution in [1.29, 1.82) is 0 Å². The molecule has 19 heavy (non-hydrogen) atoms. The molecule has 2 aromatic rings. The van der Waals surface area contributed by atoms with Gasteiger partial charge in [-0.3, -0.25) is 0 Å². The van der Waals surface area contributed by atoms with Crippen molar-refractivity contribution in [3.05, 3.63) is 52.2 Å². The zero-order chi connectivity index (χ0) is 13.5. The maximum atomic E-state index is 6.11. The molecule has 1 aromatic heterocycles. The summed E-state index contributed by atoms with van der Waals surface area (Å²) in [7, 11) is 0. The van der Waals surface area contributed by atoms with E-state index in [0.717, 1.165) is 25.0 Å². The van der Waals surface area contributed by atoms with Crippen LogP contribution in [0.3, 0.4) is 0 Å². The average Bonchev–Trinajstić information content (AvgIpc) is 2.89. The minimum absolute atomic E-state index is 0.213. The molecule has 1 unspecified atom stereocenters.